The van der Waals surface area contributed by atoms with Crippen molar-refractivity contribution in [2.45, 2.75) is 13.3 Å². The van der Waals surface area contributed by atoms with Crippen molar-refractivity contribution in [2.75, 3.05) is 0 Å². The zero-order valence-electron chi connectivity index (χ0n) is 10.3. The van der Waals surface area contributed by atoms with Crippen LogP contribution in [0.15, 0.2) is 46.9 Å². The molecule has 0 aliphatic rings. The molecule has 0 fully saturated rings. The molecule has 0 amide bonds. The molecule has 2 aromatic rings. The van der Waals surface area contributed by atoms with E-state index in [4.69, 9.17) is 16.3 Å². The van der Waals surface area contributed by atoms with Gasteiger partial charge in [-0.2, -0.15) is 0 Å². The average Bonchev–Trinajstić information content (AvgIpc) is 2.41. The van der Waals surface area contributed by atoms with Crippen molar-refractivity contribution < 1.29 is 9.53 Å². The van der Waals surface area contributed by atoms with Gasteiger partial charge in [-0.05, 0) is 30.3 Å². The zero-order chi connectivity index (χ0) is 13.8. The molecule has 2 rings (SSSR count). The van der Waals surface area contributed by atoms with Crippen molar-refractivity contribution in [1.82, 2.24) is 0 Å². The number of Topliss-reactive ketones (excluding diaryl/α,β-unsaturated/α-hetero) is 1. The lowest BCUT2D eigenvalue weighted by Crippen LogP contribution is -1.96. The second-order valence-electron chi connectivity index (χ2n) is 3.98. The molecule has 0 spiro atoms. The van der Waals surface area contributed by atoms with Crippen LogP contribution in [-0.4, -0.2) is 5.78 Å². The maximum absolute atomic E-state index is 11.6. The Morgan fingerprint density at radius 3 is 2.74 bits per heavy atom. The Morgan fingerprint density at radius 2 is 2.05 bits per heavy atom. The molecule has 19 heavy (non-hydrogen) atoms. The number of ketones is 1. The summed E-state index contributed by atoms with van der Waals surface area (Å²) in [7, 11) is 0. The van der Waals surface area contributed by atoms with E-state index in [1.807, 2.05) is 13.0 Å². The SMILES string of the molecule is CCC(=O)c1cccc(Oc2ccc(Br)cc2Cl)c1. The normalized spacial score (nSPS) is 10.3. The Morgan fingerprint density at radius 1 is 1.26 bits per heavy atom. The van der Waals surface area contributed by atoms with Crippen LogP contribution in [0.25, 0.3) is 0 Å². The van der Waals surface area contributed by atoms with Gasteiger partial charge in [0.25, 0.3) is 0 Å². The van der Waals surface area contributed by atoms with Gasteiger partial charge in [0.2, 0.25) is 0 Å². The number of carbonyl (C=O) groups excluding carboxylic acids is 1. The average molecular weight is 340 g/mol. The van der Waals surface area contributed by atoms with Gasteiger partial charge in [-0.15, -0.1) is 0 Å². The second-order valence-corrected chi connectivity index (χ2v) is 5.30. The van der Waals surface area contributed by atoms with Crippen LogP contribution in [0, 0.1) is 0 Å². The molecule has 0 bridgehead atoms. The maximum atomic E-state index is 11.6. The summed E-state index contributed by atoms with van der Waals surface area (Å²) >= 11 is 9.42. The lowest BCUT2D eigenvalue weighted by molar-refractivity contribution is 0.0988. The molecule has 0 aromatic heterocycles. The van der Waals surface area contributed by atoms with Crippen LogP contribution in [0.4, 0.5) is 0 Å². The van der Waals surface area contributed by atoms with E-state index in [9.17, 15) is 4.79 Å². The summed E-state index contributed by atoms with van der Waals surface area (Å²) in [6, 6.07) is 12.5. The minimum Gasteiger partial charge on any atom is -0.456 e. The van der Waals surface area contributed by atoms with E-state index in [0.29, 0.717) is 28.5 Å². The fraction of sp³-hybridized carbons (Fsp3) is 0.133. The largest absolute Gasteiger partial charge is 0.456 e. The van der Waals surface area contributed by atoms with Crippen molar-refractivity contribution >= 4 is 33.3 Å². The number of rotatable bonds is 4. The standard InChI is InChI=1S/C15H12BrClO2/c1-2-14(18)10-4-3-5-12(8-10)19-15-7-6-11(16)9-13(15)17/h3-9H,2H2,1H3. The third-order valence-corrected chi connectivity index (χ3v) is 3.39. The molecule has 0 saturated carbocycles. The van der Waals surface area contributed by atoms with Crippen LogP contribution in [0.1, 0.15) is 23.7 Å². The molecule has 0 aliphatic heterocycles. The van der Waals surface area contributed by atoms with Crippen molar-refractivity contribution in [3.05, 3.63) is 57.5 Å². The predicted molar refractivity (Wildman–Crippen MR) is 80.3 cm³/mol. The molecule has 4 heteroatoms. The van der Waals surface area contributed by atoms with Gasteiger partial charge in [-0.1, -0.05) is 46.6 Å². The highest BCUT2D eigenvalue weighted by Gasteiger charge is 2.07. The van der Waals surface area contributed by atoms with E-state index in [-0.39, 0.29) is 5.78 Å². The predicted octanol–water partition coefficient (Wildman–Crippen LogP) is 5.49. The van der Waals surface area contributed by atoms with Gasteiger partial charge in [0.15, 0.2) is 5.78 Å². The van der Waals surface area contributed by atoms with Gasteiger partial charge in [0.1, 0.15) is 11.5 Å². The third kappa shape index (κ3) is 3.58. The fourth-order valence-electron chi connectivity index (χ4n) is 1.62. The topological polar surface area (TPSA) is 26.3 Å². The lowest BCUT2D eigenvalue weighted by Gasteiger charge is -2.08. The van der Waals surface area contributed by atoms with Crippen LogP contribution >= 0.6 is 27.5 Å². The minimum absolute atomic E-state index is 0.0901. The third-order valence-electron chi connectivity index (χ3n) is 2.60. The van der Waals surface area contributed by atoms with Gasteiger partial charge in [0, 0.05) is 16.5 Å². The van der Waals surface area contributed by atoms with E-state index in [0.717, 1.165) is 4.47 Å². The first-order valence-electron chi connectivity index (χ1n) is 5.86. The number of hydrogen-bond acceptors (Lipinski definition) is 2. The van der Waals surface area contributed by atoms with Crippen LogP contribution in [0.5, 0.6) is 11.5 Å². The molecule has 0 unspecified atom stereocenters. The van der Waals surface area contributed by atoms with E-state index < -0.39 is 0 Å². The Kier molecular flexibility index (Phi) is 4.61. The van der Waals surface area contributed by atoms with Crippen molar-refractivity contribution in [2.24, 2.45) is 0 Å². The smallest absolute Gasteiger partial charge is 0.162 e. The van der Waals surface area contributed by atoms with Crippen LogP contribution in [-0.2, 0) is 0 Å². The Labute approximate surface area is 125 Å². The van der Waals surface area contributed by atoms with E-state index in [2.05, 4.69) is 15.9 Å². The molecule has 0 saturated heterocycles. The summed E-state index contributed by atoms with van der Waals surface area (Å²) in [6.45, 7) is 1.83. The molecule has 0 radical (unpaired) electrons. The Bertz CT molecular complexity index is 611. The summed E-state index contributed by atoms with van der Waals surface area (Å²) < 4.78 is 6.58. The summed E-state index contributed by atoms with van der Waals surface area (Å²) in [6.07, 6.45) is 0.475. The highest BCUT2D eigenvalue weighted by molar-refractivity contribution is 9.10. The molecule has 2 aromatic carbocycles. The molecule has 0 heterocycles. The fourth-order valence-corrected chi connectivity index (χ4v) is 2.33. The van der Waals surface area contributed by atoms with Crippen LogP contribution in [0.3, 0.4) is 0 Å². The second kappa shape index (κ2) is 6.22. The van der Waals surface area contributed by atoms with Crippen LogP contribution < -0.4 is 4.74 Å². The Balaban J connectivity index is 2.26. The van der Waals surface area contributed by atoms with Crippen molar-refractivity contribution in [3.8, 4) is 11.5 Å². The number of ether oxygens (including phenoxy) is 1. The molecule has 0 atom stereocenters. The summed E-state index contributed by atoms with van der Waals surface area (Å²) in [5, 5.41) is 0.515. The molecule has 2 nitrogen and oxygen atoms in total. The minimum atomic E-state index is 0.0901. The van der Waals surface area contributed by atoms with Gasteiger partial charge in [0.05, 0.1) is 5.02 Å². The maximum Gasteiger partial charge on any atom is 0.162 e. The quantitative estimate of drug-likeness (QED) is 0.689. The molecule has 0 N–H and O–H groups in total. The van der Waals surface area contributed by atoms with Crippen molar-refractivity contribution in [3.63, 3.8) is 0 Å². The first kappa shape index (κ1) is 14.1. The molecular weight excluding hydrogens is 328 g/mol. The lowest BCUT2D eigenvalue weighted by atomic mass is 10.1. The first-order chi connectivity index (χ1) is 9.10. The summed E-state index contributed by atoms with van der Waals surface area (Å²) in [4.78, 5) is 11.6. The Hall–Kier alpha value is -1.32. The van der Waals surface area contributed by atoms with E-state index >= 15 is 0 Å². The molecular formula is C15H12BrClO2. The monoisotopic (exact) mass is 338 g/mol. The summed E-state index contributed by atoms with van der Waals surface area (Å²) in [5.41, 5.74) is 0.647. The van der Waals surface area contributed by atoms with Gasteiger partial charge in [-0.25, -0.2) is 0 Å². The van der Waals surface area contributed by atoms with Gasteiger partial charge < -0.3 is 4.74 Å². The van der Waals surface area contributed by atoms with Gasteiger partial charge >= 0.3 is 0 Å². The van der Waals surface area contributed by atoms with E-state index in [1.165, 1.54) is 0 Å². The van der Waals surface area contributed by atoms with E-state index in [1.54, 1.807) is 36.4 Å². The zero-order valence-corrected chi connectivity index (χ0v) is 12.7. The van der Waals surface area contributed by atoms with Crippen molar-refractivity contribution in [1.29, 1.82) is 0 Å². The highest BCUT2D eigenvalue weighted by Crippen LogP contribution is 2.31. The number of hydrogen-bond donors (Lipinski definition) is 0. The van der Waals surface area contributed by atoms with Gasteiger partial charge in [-0.3, -0.25) is 4.79 Å². The molecule has 98 valence electrons. The number of halogens is 2. The van der Waals surface area contributed by atoms with Crippen LogP contribution in [0.2, 0.25) is 5.02 Å². The summed E-state index contributed by atoms with van der Waals surface area (Å²) in [5.74, 6) is 1.25. The number of benzene rings is 2. The molecule has 0 aliphatic carbocycles. The number of carbonyl (C=O) groups is 1. The highest BCUT2D eigenvalue weighted by atomic mass is 79.9. The first-order valence-corrected chi connectivity index (χ1v) is 7.03.